The van der Waals surface area contributed by atoms with Gasteiger partial charge in [-0.1, -0.05) is 0 Å². The van der Waals surface area contributed by atoms with Gasteiger partial charge >= 0.3 is 0 Å². The molecular weight excluding hydrogens is 206 g/mol. The lowest BCUT2D eigenvalue weighted by Crippen LogP contribution is -2.49. The van der Waals surface area contributed by atoms with Crippen LogP contribution in [-0.2, 0) is 9.53 Å². The van der Waals surface area contributed by atoms with E-state index in [-0.39, 0.29) is 0 Å². The third kappa shape index (κ3) is 6.76. The van der Waals surface area contributed by atoms with Crippen molar-refractivity contribution in [1.82, 2.24) is 4.90 Å². The van der Waals surface area contributed by atoms with Gasteiger partial charge < -0.3 is 21.1 Å². The summed E-state index contributed by atoms with van der Waals surface area (Å²) in [7, 11) is 3.75. The van der Waals surface area contributed by atoms with Crippen molar-refractivity contribution >= 4 is 5.91 Å². The van der Waals surface area contributed by atoms with Gasteiger partial charge in [0.15, 0.2) is 0 Å². The van der Waals surface area contributed by atoms with Gasteiger partial charge in [0.05, 0.1) is 5.54 Å². The summed E-state index contributed by atoms with van der Waals surface area (Å²) in [5.74, 6) is -0.436. The average Bonchev–Trinajstić information content (AvgIpc) is 2.17. The Morgan fingerprint density at radius 1 is 1.38 bits per heavy atom. The molecule has 16 heavy (non-hydrogen) atoms. The second-order valence-electron chi connectivity index (χ2n) is 4.53. The Balaban J connectivity index is 3.61. The van der Waals surface area contributed by atoms with Crippen LogP contribution >= 0.6 is 0 Å². The minimum atomic E-state index is -0.882. The molecule has 0 aliphatic rings. The van der Waals surface area contributed by atoms with E-state index in [0.29, 0.717) is 6.42 Å². The van der Waals surface area contributed by atoms with Gasteiger partial charge in [-0.25, -0.2) is 0 Å². The van der Waals surface area contributed by atoms with E-state index in [1.165, 1.54) is 0 Å². The first kappa shape index (κ1) is 15.3. The molecule has 0 saturated carbocycles. The molecule has 0 bridgehead atoms. The molecule has 1 unspecified atom stereocenters. The molecule has 0 aromatic rings. The zero-order valence-corrected chi connectivity index (χ0v) is 10.7. The van der Waals surface area contributed by atoms with E-state index in [0.717, 1.165) is 32.5 Å². The molecule has 1 atom stereocenters. The van der Waals surface area contributed by atoms with E-state index < -0.39 is 11.4 Å². The number of amides is 1. The second-order valence-corrected chi connectivity index (χ2v) is 4.53. The molecule has 0 aromatic carbocycles. The van der Waals surface area contributed by atoms with Crippen LogP contribution in [0.2, 0.25) is 0 Å². The van der Waals surface area contributed by atoms with Gasteiger partial charge in [0.2, 0.25) is 5.91 Å². The fourth-order valence-electron chi connectivity index (χ4n) is 1.43. The number of nitrogens with zero attached hydrogens (tertiary/aromatic N) is 1. The van der Waals surface area contributed by atoms with E-state index >= 15 is 0 Å². The van der Waals surface area contributed by atoms with Crippen molar-refractivity contribution in [2.45, 2.75) is 31.7 Å². The smallest absolute Gasteiger partial charge is 0.237 e. The molecule has 0 radical (unpaired) electrons. The van der Waals surface area contributed by atoms with Crippen LogP contribution in [0.1, 0.15) is 26.2 Å². The van der Waals surface area contributed by atoms with Crippen LogP contribution < -0.4 is 11.5 Å². The summed E-state index contributed by atoms with van der Waals surface area (Å²) in [6, 6.07) is 0. The number of ether oxygens (including phenoxy) is 1. The van der Waals surface area contributed by atoms with E-state index in [1.807, 2.05) is 7.05 Å². The summed E-state index contributed by atoms with van der Waals surface area (Å²) in [5, 5.41) is 0. The van der Waals surface area contributed by atoms with Crippen LogP contribution in [0.4, 0.5) is 0 Å². The summed E-state index contributed by atoms with van der Waals surface area (Å²) in [5.41, 5.74) is 10.1. The fourth-order valence-corrected chi connectivity index (χ4v) is 1.43. The van der Waals surface area contributed by atoms with Crippen molar-refractivity contribution < 1.29 is 9.53 Å². The SMILES string of the molecule is COCCCN(C)CCCC(C)(N)C(N)=O. The van der Waals surface area contributed by atoms with Crippen molar-refractivity contribution in [2.75, 3.05) is 33.9 Å². The van der Waals surface area contributed by atoms with Crippen molar-refractivity contribution in [1.29, 1.82) is 0 Å². The van der Waals surface area contributed by atoms with Gasteiger partial charge in [0.1, 0.15) is 0 Å². The highest BCUT2D eigenvalue weighted by Gasteiger charge is 2.24. The molecule has 96 valence electrons. The lowest BCUT2D eigenvalue weighted by atomic mass is 9.96. The highest BCUT2D eigenvalue weighted by atomic mass is 16.5. The number of hydrogen-bond donors (Lipinski definition) is 2. The van der Waals surface area contributed by atoms with Crippen molar-refractivity contribution in [2.24, 2.45) is 11.5 Å². The zero-order valence-electron chi connectivity index (χ0n) is 10.7. The van der Waals surface area contributed by atoms with Crippen molar-refractivity contribution in [3.8, 4) is 0 Å². The first-order valence-electron chi connectivity index (χ1n) is 5.66. The van der Waals surface area contributed by atoms with Gasteiger partial charge in [-0.2, -0.15) is 0 Å². The molecule has 0 aromatic heterocycles. The number of methoxy groups -OCH3 is 1. The minimum absolute atomic E-state index is 0.436. The van der Waals surface area contributed by atoms with Crippen LogP contribution in [0.3, 0.4) is 0 Å². The number of hydrogen-bond acceptors (Lipinski definition) is 4. The Morgan fingerprint density at radius 2 is 1.94 bits per heavy atom. The summed E-state index contributed by atoms with van der Waals surface area (Å²) >= 11 is 0. The molecule has 5 nitrogen and oxygen atoms in total. The van der Waals surface area contributed by atoms with Gasteiger partial charge in [0, 0.05) is 20.3 Å². The molecule has 1 amide bonds. The molecule has 4 N–H and O–H groups in total. The Morgan fingerprint density at radius 3 is 2.44 bits per heavy atom. The molecule has 0 heterocycles. The van der Waals surface area contributed by atoms with Crippen LogP contribution in [-0.4, -0.2) is 50.2 Å². The Labute approximate surface area is 98.1 Å². The monoisotopic (exact) mass is 231 g/mol. The first-order valence-corrected chi connectivity index (χ1v) is 5.66. The van der Waals surface area contributed by atoms with Crippen LogP contribution in [0.25, 0.3) is 0 Å². The number of nitrogens with two attached hydrogens (primary N) is 2. The molecule has 0 spiro atoms. The maximum Gasteiger partial charge on any atom is 0.237 e. The molecule has 0 rings (SSSR count). The summed E-state index contributed by atoms with van der Waals surface area (Å²) < 4.78 is 4.97. The molecule has 5 heteroatoms. The largest absolute Gasteiger partial charge is 0.385 e. The lowest BCUT2D eigenvalue weighted by molar-refractivity contribution is -0.122. The van der Waals surface area contributed by atoms with Crippen molar-refractivity contribution in [3.05, 3.63) is 0 Å². The molecular formula is C11H25N3O2. The van der Waals surface area contributed by atoms with Gasteiger partial charge in [0.25, 0.3) is 0 Å². The van der Waals surface area contributed by atoms with E-state index in [4.69, 9.17) is 16.2 Å². The average molecular weight is 231 g/mol. The molecule has 0 aliphatic carbocycles. The summed E-state index contributed by atoms with van der Waals surface area (Å²) in [6.07, 6.45) is 2.51. The molecule has 0 fully saturated rings. The highest BCUT2D eigenvalue weighted by molar-refractivity contribution is 5.83. The highest BCUT2D eigenvalue weighted by Crippen LogP contribution is 2.08. The van der Waals surface area contributed by atoms with E-state index in [1.54, 1.807) is 14.0 Å². The van der Waals surface area contributed by atoms with Gasteiger partial charge in [-0.3, -0.25) is 4.79 Å². The topological polar surface area (TPSA) is 81.6 Å². The summed E-state index contributed by atoms with van der Waals surface area (Å²) in [6.45, 7) is 4.37. The van der Waals surface area contributed by atoms with E-state index in [9.17, 15) is 4.79 Å². The predicted octanol–water partition coefficient (Wildman–Crippen LogP) is -0.0624. The number of rotatable bonds is 9. The van der Waals surface area contributed by atoms with Crippen LogP contribution in [0.5, 0.6) is 0 Å². The quantitative estimate of drug-likeness (QED) is 0.545. The normalized spacial score (nSPS) is 15.1. The number of carbonyl (C=O) groups is 1. The second kappa shape index (κ2) is 7.60. The van der Waals surface area contributed by atoms with Crippen LogP contribution in [0, 0.1) is 0 Å². The zero-order chi connectivity index (χ0) is 12.6. The number of carbonyl (C=O) groups excluding carboxylic acids is 1. The Hall–Kier alpha value is -0.650. The Bertz CT molecular complexity index is 207. The van der Waals surface area contributed by atoms with Gasteiger partial charge in [-0.05, 0) is 39.8 Å². The maximum absolute atomic E-state index is 11.0. The molecule has 0 saturated heterocycles. The van der Waals surface area contributed by atoms with Gasteiger partial charge in [-0.15, -0.1) is 0 Å². The maximum atomic E-state index is 11.0. The Kier molecular flexibility index (Phi) is 7.29. The van der Waals surface area contributed by atoms with Crippen LogP contribution in [0.15, 0.2) is 0 Å². The third-order valence-electron chi connectivity index (χ3n) is 2.69. The lowest BCUT2D eigenvalue weighted by Gasteiger charge is -2.22. The summed E-state index contributed by atoms with van der Waals surface area (Å²) in [4.78, 5) is 13.2. The first-order chi connectivity index (χ1) is 7.40. The molecule has 0 aliphatic heterocycles. The predicted molar refractivity (Wildman–Crippen MR) is 65.0 cm³/mol. The third-order valence-corrected chi connectivity index (χ3v) is 2.69. The van der Waals surface area contributed by atoms with E-state index in [2.05, 4.69) is 4.90 Å². The number of primary amides is 1. The van der Waals surface area contributed by atoms with Crippen molar-refractivity contribution in [3.63, 3.8) is 0 Å². The minimum Gasteiger partial charge on any atom is -0.385 e. The standard InChI is InChI=1S/C11H25N3O2/c1-11(13,10(12)15)6-4-7-14(2)8-5-9-16-3/h4-9,13H2,1-3H3,(H2,12,15). The fraction of sp³-hybridized carbons (Fsp3) is 0.909.